The second kappa shape index (κ2) is 21.0. The van der Waals surface area contributed by atoms with Crippen LogP contribution >= 0.6 is 0 Å². The van der Waals surface area contributed by atoms with Gasteiger partial charge in [-0.3, -0.25) is 19.8 Å². The third-order valence-corrected chi connectivity index (χ3v) is 16.3. The zero-order valence-electron chi connectivity index (χ0n) is 42.6. The molecule has 0 radical (unpaired) electrons. The van der Waals surface area contributed by atoms with Crippen LogP contribution in [-0.2, 0) is 4.79 Å². The monoisotopic (exact) mass is 1010 g/mol. The highest BCUT2D eigenvalue weighted by atomic mass is 19.1. The van der Waals surface area contributed by atoms with Gasteiger partial charge in [0.15, 0.2) is 5.82 Å². The van der Waals surface area contributed by atoms with E-state index in [2.05, 4.69) is 32.9 Å². The number of urea groups is 1. The lowest BCUT2D eigenvalue weighted by molar-refractivity contribution is -0.120. The fraction of sp³-hybridized carbons (Fsp3) is 0.491. The second-order valence-electron chi connectivity index (χ2n) is 21.7. The maximum atomic E-state index is 17.1. The Morgan fingerprint density at radius 2 is 1.68 bits per heavy atom. The van der Waals surface area contributed by atoms with Crippen molar-refractivity contribution in [3.8, 4) is 41.0 Å². The van der Waals surface area contributed by atoms with E-state index in [0.29, 0.717) is 90.5 Å². The molecule has 2 atom stereocenters. The standard InChI is InChI=1S/C57H66F2N8O7/c1-5-41-45(58)11-7-38-29-40(68)31-44(49(38)41)42-9-10-43-51(50(42)59)61-54(62-52(43)66-21-6-16-56(3,72)35-66)74-34-36(2)32-63-25-27-64(28-26-63)33-37-13-17-57(18-14-37)19-23-65(24-20-57)53(70)39-8-12-47(73-4)46(30-39)67-22-15-48(69)60-55(67)71/h1,7-12,29-31,36-37,68,72H,6,13-28,32-35H2,2-4H3,(H,60,69,71)/t36-,56-/m1/s1. The summed E-state index contributed by atoms with van der Waals surface area (Å²) in [6.45, 7) is 12.5. The van der Waals surface area contributed by atoms with Crippen LogP contribution in [0.1, 0.15) is 87.6 Å². The van der Waals surface area contributed by atoms with Gasteiger partial charge in [-0.2, -0.15) is 9.97 Å². The number of fused-ring (bicyclic) bond motifs is 2. The number of aromatic nitrogens is 2. The minimum atomic E-state index is -0.971. The van der Waals surface area contributed by atoms with E-state index in [9.17, 15) is 24.6 Å². The minimum absolute atomic E-state index is 0.00539. The van der Waals surface area contributed by atoms with Gasteiger partial charge in [0.1, 0.15) is 28.7 Å². The maximum absolute atomic E-state index is 17.1. The van der Waals surface area contributed by atoms with Gasteiger partial charge in [-0.15, -0.1) is 6.42 Å². The van der Waals surface area contributed by atoms with E-state index >= 15 is 8.78 Å². The van der Waals surface area contributed by atoms with E-state index in [1.807, 2.05) is 9.80 Å². The number of piperazine rings is 1. The van der Waals surface area contributed by atoms with Crippen LogP contribution in [0.2, 0.25) is 0 Å². The van der Waals surface area contributed by atoms with E-state index in [1.165, 1.54) is 62.0 Å². The zero-order chi connectivity index (χ0) is 51.9. The molecule has 4 amide bonds. The molecule has 3 N–H and O–H groups in total. The molecule has 10 rings (SSSR count). The SMILES string of the molecule is C#Cc1c(F)ccc2cc(O)cc(-c3ccc4c(N5CCC[C@@](C)(O)C5)nc(OC[C@H](C)CN5CCN(CC6CCC7(CC6)CCN(C(=O)c6ccc(OC)c(N8CCC(=O)NC8=O)c6)CC7)CC5)nc4c3F)c12. The van der Waals surface area contributed by atoms with Crippen LogP contribution < -0.4 is 24.6 Å². The number of anilines is 2. The van der Waals surface area contributed by atoms with Crippen molar-refractivity contribution >= 4 is 51.0 Å². The predicted molar refractivity (Wildman–Crippen MR) is 280 cm³/mol. The van der Waals surface area contributed by atoms with Crippen molar-refractivity contribution in [1.29, 1.82) is 0 Å². The van der Waals surface area contributed by atoms with Crippen molar-refractivity contribution in [1.82, 2.24) is 30.0 Å². The Morgan fingerprint density at radius 1 is 0.919 bits per heavy atom. The number of piperidine rings is 2. The molecule has 5 aliphatic rings. The number of aliphatic hydroxyl groups is 1. The van der Waals surface area contributed by atoms with Gasteiger partial charge >= 0.3 is 12.0 Å². The topological polar surface area (TPSA) is 164 Å². The Hall–Kier alpha value is -6.61. The molecule has 390 valence electrons. The van der Waals surface area contributed by atoms with Crippen LogP contribution in [0.4, 0.5) is 25.1 Å². The molecule has 4 aromatic carbocycles. The Balaban J connectivity index is 0.728. The number of carbonyl (C=O) groups is 3. The van der Waals surface area contributed by atoms with Crippen LogP contribution in [0.25, 0.3) is 32.8 Å². The number of phenolic OH excluding ortho intramolecular Hbond substituents is 1. The van der Waals surface area contributed by atoms with E-state index in [0.717, 1.165) is 52.1 Å². The fourth-order valence-corrected chi connectivity index (χ4v) is 12.2. The molecule has 5 heterocycles. The van der Waals surface area contributed by atoms with E-state index < -0.39 is 23.3 Å². The number of terminal acetylenes is 1. The number of halogens is 2. The number of hydrogen-bond acceptors (Lipinski definition) is 12. The molecule has 0 bridgehead atoms. The molecule has 5 fully saturated rings. The normalized spacial score (nSPS) is 21.5. The van der Waals surface area contributed by atoms with Crippen LogP contribution in [0.5, 0.6) is 17.5 Å². The lowest BCUT2D eigenvalue weighted by Crippen LogP contribution is -2.50. The number of rotatable bonds is 12. The molecule has 1 aliphatic carbocycles. The smallest absolute Gasteiger partial charge is 0.328 e. The minimum Gasteiger partial charge on any atom is -0.508 e. The molecular formula is C57H66F2N8O7. The number of β-amino-alcohol motifs (C(OH)–C–C–N with tert-alkyl or cyclic N) is 1. The molecule has 4 aliphatic heterocycles. The number of aromatic hydroxyl groups is 1. The Labute approximate surface area is 430 Å². The van der Waals surface area contributed by atoms with Crippen molar-refractivity contribution < 1.29 is 42.9 Å². The first-order valence-electron chi connectivity index (χ1n) is 26.2. The third kappa shape index (κ3) is 10.5. The van der Waals surface area contributed by atoms with Crippen molar-refractivity contribution in [3.63, 3.8) is 0 Å². The second-order valence-corrected chi connectivity index (χ2v) is 21.7. The number of hydrogen-bond donors (Lipinski definition) is 3. The van der Waals surface area contributed by atoms with Crippen molar-refractivity contribution in [2.24, 2.45) is 17.3 Å². The number of nitrogens with zero attached hydrogens (tertiary/aromatic N) is 7. The quantitative estimate of drug-likeness (QED) is 0.104. The Morgan fingerprint density at radius 3 is 2.39 bits per heavy atom. The summed E-state index contributed by atoms with van der Waals surface area (Å²) in [7, 11) is 1.52. The van der Waals surface area contributed by atoms with Crippen molar-refractivity contribution in [2.75, 3.05) is 95.5 Å². The molecule has 15 nitrogen and oxygen atoms in total. The molecule has 1 aromatic heterocycles. The first-order chi connectivity index (χ1) is 35.6. The summed E-state index contributed by atoms with van der Waals surface area (Å²) in [5.74, 6) is 2.26. The van der Waals surface area contributed by atoms with E-state index in [-0.39, 0.29) is 70.1 Å². The molecule has 74 heavy (non-hydrogen) atoms. The Bertz CT molecular complexity index is 3010. The summed E-state index contributed by atoms with van der Waals surface area (Å²) in [6, 6.07) is 13.5. The van der Waals surface area contributed by atoms with E-state index in [4.69, 9.17) is 20.9 Å². The summed E-state index contributed by atoms with van der Waals surface area (Å²) in [5, 5.41) is 25.3. The number of methoxy groups -OCH3 is 1. The molecule has 0 unspecified atom stereocenters. The number of imide groups is 1. The summed E-state index contributed by atoms with van der Waals surface area (Å²) >= 11 is 0. The number of benzene rings is 4. The maximum Gasteiger partial charge on any atom is 0.328 e. The molecular weight excluding hydrogens is 947 g/mol. The average Bonchev–Trinajstić information content (AvgIpc) is 3.39. The largest absolute Gasteiger partial charge is 0.508 e. The number of ether oxygens (including phenoxy) is 2. The fourth-order valence-electron chi connectivity index (χ4n) is 12.2. The number of likely N-dealkylation sites (tertiary alicyclic amines) is 1. The van der Waals surface area contributed by atoms with Gasteiger partial charge in [-0.05, 0) is 123 Å². The molecule has 1 saturated carbocycles. The number of phenols is 1. The van der Waals surface area contributed by atoms with Gasteiger partial charge in [0.25, 0.3) is 5.91 Å². The van der Waals surface area contributed by atoms with Crippen LogP contribution in [0, 0.1) is 41.2 Å². The average molecular weight is 1010 g/mol. The summed E-state index contributed by atoms with van der Waals surface area (Å²) in [4.78, 5) is 58.1. The molecule has 17 heteroatoms. The lowest BCUT2D eigenvalue weighted by atomic mass is 9.65. The summed E-state index contributed by atoms with van der Waals surface area (Å²) in [5.41, 5.74) is 0.559. The first-order valence-corrected chi connectivity index (χ1v) is 26.2. The van der Waals surface area contributed by atoms with Gasteiger partial charge in [-0.1, -0.05) is 25.0 Å². The van der Waals surface area contributed by atoms with Gasteiger partial charge in [-0.25, -0.2) is 13.6 Å². The molecule has 1 spiro atoms. The first kappa shape index (κ1) is 50.9. The van der Waals surface area contributed by atoms with Gasteiger partial charge in [0.05, 0.1) is 30.6 Å². The molecule has 4 saturated heterocycles. The van der Waals surface area contributed by atoms with Crippen LogP contribution in [-0.4, -0.2) is 144 Å². The lowest BCUT2D eigenvalue weighted by Gasteiger charge is -2.47. The highest BCUT2D eigenvalue weighted by Gasteiger charge is 2.40. The summed E-state index contributed by atoms with van der Waals surface area (Å²) < 4.78 is 43.9. The van der Waals surface area contributed by atoms with E-state index in [1.54, 1.807) is 37.3 Å². The van der Waals surface area contributed by atoms with Gasteiger partial charge in [0.2, 0.25) is 5.91 Å². The highest BCUT2D eigenvalue weighted by Crippen LogP contribution is 2.47. The third-order valence-electron chi connectivity index (χ3n) is 16.3. The van der Waals surface area contributed by atoms with Gasteiger partial charge in [0, 0.05) is 106 Å². The van der Waals surface area contributed by atoms with Crippen LogP contribution in [0.3, 0.4) is 0 Å². The highest BCUT2D eigenvalue weighted by molar-refractivity contribution is 6.07. The zero-order valence-corrected chi connectivity index (χ0v) is 42.6. The Kier molecular flexibility index (Phi) is 14.4. The predicted octanol–water partition coefficient (Wildman–Crippen LogP) is 7.97. The van der Waals surface area contributed by atoms with Crippen molar-refractivity contribution in [3.05, 3.63) is 77.4 Å². The number of nitrogens with one attached hydrogen (secondary N) is 1. The summed E-state index contributed by atoms with van der Waals surface area (Å²) in [6.07, 6.45) is 14.0. The number of carbonyl (C=O) groups excluding carboxylic acids is 3. The van der Waals surface area contributed by atoms with Crippen LogP contribution in [0.15, 0.2) is 54.6 Å². The van der Waals surface area contributed by atoms with Gasteiger partial charge < -0.3 is 39.3 Å². The number of amides is 4. The molecule has 5 aromatic rings. The van der Waals surface area contributed by atoms with Crippen molar-refractivity contribution in [2.45, 2.75) is 77.2 Å².